The van der Waals surface area contributed by atoms with Crippen LogP contribution in [0.1, 0.15) is 16.8 Å². The molecule has 0 aliphatic carbocycles. The first-order chi connectivity index (χ1) is 8.86. The van der Waals surface area contributed by atoms with Crippen molar-refractivity contribution < 1.29 is 18.3 Å². The van der Waals surface area contributed by atoms with E-state index in [4.69, 9.17) is 5.11 Å². The number of aliphatic hydroxyl groups excluding tert-OH is 1. The van der Waals surface area contributed by atoms with Gasteiger partial charge >= 0.3 is 6.18 Å². The molecule has 2 N–H and O–H groups in total. The van der Waals surface area contributed by atoms with Crippen LogP contribution >= 0.6 is 0 Å². The average Bonchev–Trinajstić information content (AvgIpc) is 2.63. The van der Waals surface area contributed by atoms with E-state index in [0.29, 0.717) is 5.69 Å². The van der Waals surface area contributed by atoms with Crippen LogP contribution in [0.4, 0.5) is 13.2 Å². The summed E-state index contributed by atoms with van der Waals surface area (Å²) in [4.78, 5) is 11.9. The molecule has 0 radical (unpaired) electrons. The van der Waals surface area contributed by atoms with Crippen LogP contribution in [0, 0.1) is 6.92 Å². The van der Waals surface area contributed by atoms with Gasteiger partial charge in [0, 0.05) is 5.69 Å². The van der Waals surface area contributed by atoms with E-state index in [1.807, 2.05) is 0 Å². The summed E-state index contributed by atoms with van der Waals surface area (Å²) in [6.45, 7) is 0.988. The lowest BCUT2D eigenvalue weighted by atomic mass is 10.1. The molecule has 1 aromatic carbocycles. The van der Waals surface area contributed by atoms with Crippen molar-refractivity contribution in [2.45, 2.75) is 19.7 Å². The SMILES string of the molecule is Cc1[nH]n(-c2ccccc2C(F)(F)F)c(=O)c1CO. The first kappa shape index (κ1) is 13.4. The summed E-state index contributed by atoms with van der Waals surface area (Å²) in [7, 11) is 0. The Hall–Kier alpha value is -2.02. The molecule has 2 rings (SSSR count). The van der Waals surface area contributed by atoms with Crippen molar-refractivity contribution in [3.63, 3.8) is 0 Å². The van der Waals surface area contributed by atoms with Gasteiger partial charge in [-0.2, -0.15) is 13.2 Å². The van der Waals surface area contributed by atoms with Gasteiger partial charge in [-0.1, -0.05) is 12.1 Å². The topological polar surface area (TPSA) is 58.0 Å². The van der Waals surface area contributed by atoms with Crippen LogP contribution in [0.2, 0.25) is 0 Å². The molecule has 0 saturated heterocycles. The Morgan fingerprint density at radius 1 is 1.32 bits per heavy atom. The molecule has 1 heterocycles. The predicted octanol–water partition coefficient (Wildman–Crippen LogP) is 1.99. The lowest BCUT2D eigenvalue weighted by molar-refractivity contribution is -0.137. The third-order valence-electron chi connectivity index (χ3n) is 2.80. The number of hydrogen-bond acceptors (Lipinski definition) is 2. The van der Waals surface area contributed by atoms with Gasteiger partial charge in [-0.15, -0.1) is 0 Å². The summed E-state index contributed by atoms with van der Waals surface area (Å²) in [6.07, 6.45) is -4.56. The number of nitrogens with one attached hydrogen (secondary N) is 1. The lowest BCUT2D eigenvalue weighted by Crippen LogP contribution is -2.21. The highest BCUT2D eigenvalue weighted by Gasteiger charge is 2.34. The molecule has 0 aliphatic rings. The molecule has 19 heavy (non-hydrogen) atoms. The van der Waals surface area contributed by atoms with E-state index in [1.54, 1.807) is 0 Å². The Morgan fingerprint density at radius 3 is 2.47 bits per heavy atom. The van der Waals surface area contributed by atoms with E-state index in [9.17, 15) is 18.0 Å². The van der Waals surface area contributed by atoms with Crippen LogP contribution < -0.4 is 5.56 Å². The van der Waals surface area contributed by atoms with Crippen LogP contribution in [0.15, 0.2) is 29.1 Å². The molecule has 102 valence electrons. The molecule has 1 aromatic heterocycles. The largest absolute Gasteiger partial charge is 0.418 e. The van der Waals surface area contributed by atoms with Crippen LogP contribution in [-0.4, -0.2) is 14.9 Å². The highest BCUT2D eigenvalue weighted by Crippen LogP contribution is 2.33. The molecule has 0 amide bonds. The third-order valence-corrected chi connectivity index (χ3v) is 2.80. The Labute approximate surface area is 106 Å². The maximum Gasteiger partial charge on any atom is 0.418 e. The summed E-state index contributed by atoms with van der Waals surface area (Å²) in [5, 5.41) is 11.6. The summed E-state index contributed by atoms with van der Waals surface area (Å²) in [5.41, 5.74) is -1.50. The average molecular weight is 272 g/mol. The van der Waals surface area contributed by atoms with Gasteiger partial charge in [0.2, 0.25) is 0 Å². The number of alkyl halides is 3. The van der Waals surface area contributed by atoms with Crippen LogP contribution in [-0.2, 0) is 12.8 Å². The van der Waals surface area contributed by atoms with Gasteiger partial charge in [-0.3, -0.25) is 9.89 Å². The van der Waals surface area contributed by atoms with Gasteiger partial charge in [0.15, 0.2) is 0 Å². The zero-order valence-electron chi connectivity index (χ0n) is 9.95. The molecule has 0 aliphatic heterocycles. The molecule has 0 fully saturated rings. The minimum atomic E-state index is -4.56. The number of aliphatic hydroxyl groups is 1. The third kappa shape index (κ3) is 2.28. The van der Waals surface area contributed by atoms with Gasteiger partial charge in [-0.05, 0) is 19.1 Å². The molecule has 7 heteroatoms. The van der Waals surface area contributed by atoms with Gasteiger partial charge in [0.05, 0.1) is 23.4 Å². The molecule has 0 spiro atoms. The number of benzene rings is 1. The number of aromatic nitrogens is 2. The number of nitrogens with zero attached hydrogens (tertiary/aromatic N) is 1. The van der Waals surface area contributed by atoms with E-state index >= 15 is 0 Å². The summed E-state index contributed by atoms with van der Waals surface area (Å²) >= 11 is 0. The smallest absolute Gasteiger partial charge is 0.391 e. The first-order valence-electron chi connectivity index (χ1n) is 5.44. The second-order valence-corrected chi connectivity index (χ2v) is 4.03. The highest BCUT2D eigenvalue weighted by atomic mass is 19.4. The zero-order chi connectivity index (χ0) is 14.2. The maximum atomic E-state index is 12.9. The molecule has 0 unspecified atom stereocenters. The van der Waals surface area contributed by atoms with E-state index in [1.165, 1.54) is 25.1 Å². The van der Waals surface area contributed by atoms with Crippen molar-refractivity contribution in [2.75, 3.05) is 0 Å². The van der Waals surface area contributed by atoms with Crippen molar-refractivity contribution in [3.05, 3.63) is 51.4 Å². The Bertz CT molecular complexity index is 656. The number of halogens is 3. The minimum Gasteiger partial charge on any atom is -0.391 e. The molecule has 0 atom stereocenters. The van der Waals surface area contributed by atoms with Crippen LogP contribution in [0.3, 0.4) is 0 Å². The molecule has 0 saturated carbocycles. The minimum absolute atomic E-state index is 0.0528. The number of rotatable bonds is 2. The summed E-state index contributed by atoms with van der Waals surface area (Å²) in [5.74, 6) is 0. The Kier molecular flexibility index (Phi) is 3.23. The zero-order valence-corrected chi connectivity index (χ0v) is 9.95. The van der Waals surface area contributed by atoms with E-state index in [2.05, 4.69) is 5.10 Å². The standard InChI is InChI=1S/C12H11F3N2O2/c1-7-8(6-18)11(19)17(16-7)10-5-3-2-4-9(10)12(13,14)15/h2-5,16,18H,6H2,1H3. The van der Waals surface area contributed by atoms with Crippen LogP contribution in [0.5, 0.6) is 0 Å². The number of para-hydroxylation sites is 1. The summed E-state index contributed by atoms with van der Waals surface area (Å²) < 4.78 is 39.4. The van der Waals surface area contributed by atoms with Crippen molar-refractivity contribution in [3.8, 4) is 5.69 Å². The van der Waals surface area contributed by atoms with Crippen LogP contribution in [0.25, 0.3) is 5.69 Å². The molecular formula is C12H11F3N2O2. The molecule has 2 aromatic rings. The molecule has 4 nitrogen and oxygen atoms in total. The summed E-state index contributed by atoms with van der Waals surface area (Å²) in [6, 6.07) is 4.75. The van der Waals surface area contributed by atoms with E-state index in [-0.39, 0.29) is 11.3 Å². The van der Waals surface area contributed by atoms with Crippen molar-refractivity contribution in [2.24, 2.45) is 0 Å². The maximum absolute atomic E-state index is 12.9. The first-order valence-corrected chi connectivity index (χ1v) is 5.44. The van der Waals surface area contributed by atoms with Gasteiger partial charge in [0.1, 0.15) is 0 Å². The van der Waals surface area contributed by atoms with Gasteiger partial charge in [0.25, 0.3) is 5.56 Å². The number of aromatic amines is 1. The number of aryl methyl sites for hydroxylation is 1. The number of hydrogen-bond donors (Lipinski definition) is 2. The fourth-order valence-electron chi connectivity index (χ4n) is 1.85. The van der Waals surface area contributed by atoms with Gasteiger partial charge in [-0.25, -0.2) is 4.68 Å². The van der Waals surface area contributed by atoms with Gasteiger partial charge < -0.3 is 5.11 Å². The van der Waals surface area contributed by atoms with E-state index in [0.717, 1.165) is 10.7 Å². The highest BCUT2D eigenvalue weighted by molar-refractivity contribution is 5.43. The van der Waals surface area contributed by atoms with Crippen molar-refractivity contribution in [1.82, 2.24) is 9.78 Å². The molecule has 0 bridgehead atoms. The fraction of sp³-hybridized carbons (Fsp3) is 0.250. The lowest BCUT2D eigenvalue weighted by Gasteiger charge is -2.12. The monoisotopic (exact) mass is 272 g/mol. The normalized spacial score (nSPS) is 11.8. The van der Waals surface area contributed by atoms with Crippen molar-refractivity contribution >= 4 is 0 Å². The number of H-pyrrole nitrogens is 1. The predicted molar refractivity (Wildman–Crippen MR) is 62.1 cm³/mol. The Balaban J connectivity index is 2.71. The second kappa shape index (κ2) is 4.58. The fourth-order valence-corrected chi connectivity index (χ4v) is 1.85. The Morgan fingerprint density at radius 2 is 1.95 bits per heavy atom. The quantitative estimate of drug-likeness (QED) is 0.878. The molecular weight excluding hydrogens is 261 g/mol. The van der Waals surface area contributed by atoms with E-state index < -0.39 is 23.9 Å². The van der Waals surface area contributed by atoms with Crippen molar-refractivity contribution in [1.29, 1.82) is 0 Å². The second-order valence-electron chi connectivity index (χ2n) is 4.03.